The summed E-state index contributed by atoms with van der Waals surface area (Å²) in [6.07, 6.45) is 7.68. The SMILES string of the molecule is Fc1cccnc1NC1CCCCC1. The fourth-order valence-electron chi connectivity index (χ4n) is 1.93. The van der Waals surface area contributed by atoms with Gasteiger partial charge in [0.25, 0.3) is 0 Å². The van der Waals surface area contributed by atoms with E-state index in [1.54, 1.807) is 12.3 Å². The molecule has 14 heavy (non-hydrogen) atoms. The summed E-state index contributed by atoms with van der Waals surface area (Å²) in [7, 11) is 0. The Morgan fingerprint density at radius 3 is 2.79 bits per heavy atom. The molecule has 3 heteroatoms. The van der Waals surface area contributed by atoms with Crippen LogP contribution in [-0.2, 0) is 0 Å². The molecule has 0 spiro atoms. The number of anilines is 1. The Hall–Kier alpha value is -1.12. The van der Waals surface area contributed by atoms with Gasteiger partial charge in [0.15, 0.2) is 11.6 Å². The highest BCUT2D eigenvalue weighted by Crippen LogP contribution is 2.21. The Kier molecular flexibility index (Phi) is 2.96. The van der Waals surface area contributed by atoms with Gasteiger partial charge in [-0.2, -0.15) is 0 Å². The quantitative estimate of drug-likeness (QED) is 0.782. The Labute approximate surface area is 83.6 Å². The Morgan fingerprint density at radius 2 is 2.07 bits per heavy atom. The number of nitrogens with zero attached hydrogens (tertiary/aromatic N) is 1. The van der Waals surface area contributed by atoms with Crippen molar-refractivity contribution in [2.24, 2.45) is 0 Å². The zero-order valence-electron chi connectivity index (χ0n) is 8.17. The summed E-state index contributed by atoms with van der Waals surface area (Å²) >= 11 is 0. The predicted octanol–water partition coefficient (Wildman–Crippen LogP) is 2.97. The first kappa shape index (κ1) is 9.44. The van der Waals surface area contributed by atoms with Gasteiger partial charge < -0.3 is 5.32 Å². The molecule has 1 N–H and O–H groups in total. The third kappa shape index (κ3) is 2.22. The fourth-order valence-corrected chi connectivity index (χ4v) is 1.93. The molecule has 0 atom stereocenters. The highest BCUT2D eigenvalue weighted by atomic mass is 19.1. The van der Waals surface area contributed by atoms with E-state index in [9.17, 15) is 4.39 Å². The first-order valence-corrected chi connectivity index (χ1v) is 5.23. The van der Waals surface area contributed by atoms with Gasteiger partial charge in [-0.15, -0.1) is 0 Å². The molecule has 0 unspecified atom stereocenters. The summed E-state index contributed by atoms with van der Waals surface area (Å²) in [5.74, 6) is 0.150. The first-order valence-electron chi connectivity index (χ1n) is 5.23. The number of hydrogen-bond acceptors (Lipinski definition) is 2. The molecule has 0 saturated heterocycles. The number of halogens is 1. The van der Waals surface area contributed by atoms with Crippen LogP contribution in [0.15, 0.2) is 18.3 Å². The van der Waals surface area contributed by atoms with Crippen LogP contribution >= 0.6 is 0 Å². The van der Waals surface area contributed by atoms with Crippen molar-refractivity contribution in [3.8, 4) is 0 Å². The molecule has 76 valence electrons. The maximum Gasteiger partial charge on any atom is 0.165 e. The Bertz CT molecular complexity index is 295. The minimum Gasteiger partial charge on any atom is -0.365 e. The average Bonchev–Trinajstić information content (AvgIpc) is 2.23. The number of rotatable bonds is 2. The lowest BCUT2D eigenvalue weighted by Crippen LogP contribution is -2.23. The normalized spacial score (nSPS) is 18.1. The van der Waals surface area contributed by atoms with Crippen LogP contribution in [0.2, 0.25) is 0 Å². The van der Waals surface area contributed by atoms with Gasteiger partial charge in [0.1, 0.15) is 0 Å². The molecule has 0 aliphatic heterocycles. The molecule has 2 rings (SSSR count). The van der Waals surface area contributed by atoms with Crippen molar-refractivity contribution >= 4 is 5.82 Å². The van der Waals surface area contributed by atoms with Gasteiger partial charge in [0.2, 0.25) is 0 Å². The van der Waals surface area contributed by atoms with Crippen LogP contribution in [0.5, 0.6) is 0 Å². The molecule has 1 aromatic rings. The van der Waals surface area contributed by atoms with Gasteiger partial charge in [0.05, 0.1) is 0 Å². The summed E-state index contributed by atoms with van der Waals surface area (Å²) in [6, 6.07) is 3.47. The van der Waals surface area contributed by atoms with Crippen LogP contribution in [0.1, 0.15) is 32.1 Å². The third-order valence-electron chi connectivity index (χ3n) is 2.70. The van der Waals surface area contributed by atoms with Crippen molar-refractivity contribution < 1.29 is 4.39 Å². The van der Waals surface area contributed by atoms with Crippen molar-refractivity contribution in [2.45, 2.75) is 38.1 Å². The molecular weight excluding hydrogens is 179 g/mol. The van der Waals surface area contributed by atoms with Gasteiger partial charge in [-0.3, -0.25) is 0 Å². The summed E-state index contributed by atoms with van der Waals surface area (Å²) in [6.45, 7) is 0. The predicted molar refractivity (Wildman–Crippen MR) is 54.7 cm³/mol. The second-order valence-electron chi connectivity index (χ2n) is 3.81. The molecule has 1 aromatic heterocycles. The zero-order chi connectivity index (χ0) is 9.80. The molecule has 2 nitrogen and oxygen atoms in total. The molecule has 1 saturated carbocycles. The largest absolute Gasteiger partial charge is 0.365 e. The summed E-state index contributed by atoms with van der Waals surface area (Å²) in [5.41, 5.74) is 0. The van der Waals surface area contributed by atoms with E-state index < -0.39 is 0 Å². The molecule has 0 amide bonds. The molecular formula is C11H15FN2. The van der Waals surface area contributed by atoms with Crippen molar-refractivity contribution in [3.63, 3.8) is 0 Å². The van der Waals surface area contributed by atoms with Gasteiger partial charge in [-0.05, 0) is 25.0 Å². The first-order chi connectivity index (χ1) is 6.86. The standard InChI is InChI=1S/C11H15FN2/c12-10-7-4-8-13-11(10)14-9-5-2-1-3-6-9/h4,7-9H,1-3,5-6H2,(H,13,14). The summed E-state index contributed by atoms with van der Waals surface area (Å²) in [5, 5.41) is 3.16. The summed E-state index contributed by atoms with van der Waals surface area (Å²) < 4.78 is 13.2. The van der Waals surface area contributed by atoms with Crippen LogP contribution < -0.4 is 5.32 Å². The molecule has 1 heterocycles. The van der Waals surface area contributed by atoms with Crippen LogP contribution in [0.4, 0.5) is 10.2 Å². The number of nitrogens with one attached hydrogen (secondary N) is 1. The van der Waals surface area contributed by atoms with Crippen LogP contribution in [0, 0.1) is 5.82 Å². The van der Waals surface area contributed by atoms with E-state index in [0.29, 0.717) is 11.9 Å². The monoisotopic (exact) mass is 194 g/mol. The fraction of sp³-hybridized carbons (Fsp3) is 0.545. The van der Waals surface area contributed by atoms with Crippen molar-refractivity contribution in [2.75, 3.05) is 5.32 Å². The molecule has 1 fully saturated rings. The van der Waals surface area contributed by atoms with E-state index in [1.165, 1.54) is 25.3 Å². The maximum atomic E-state index is 13.2. The van der Waals surface area contributed by atoms with E-state index in [0.717, 1.165) is 12.8 Å². The van der Waals surface area contributed by atoms with Crippen LogP contribution in [0.3, 0.4) is 0 Å². The highest BCUT2D eigenvalue weighted by molar-refractivity contribution is 5.36. The van der Waals surface area contributed by atoms with E-state index in [2.05, 4.69) is 10.3 Å². The second-order valence-corrected chi connectivity index (χ2v) is 3.81. The summed E-state index contributed by atoms with van der Waals surface area (Å²) in [4.78, 5) is 3.99. The average molecular weight is 194 g/mol. The second kappa shape index (κ2) is 4.40. The van der Waals surface area contributed by atoms with E-state index in [4.69, 9.17) is 0 Å². The minimum absolute atomic E-state index is 0.252. The van der Waals surface area contributed by atoms with Crippen LogP contribution in [0.25, 0.3) is 0 Å². The topological polar surface area (TPSA) is 24.9 Å². The Morgan fingerprint density at radius 1 is 1.29 bits per heavy atom. The van der Waals surface area contributed by atoms with Gasteiger partial charge in [0, 0.05) is 12.2 Å². The van der Waals surface area contributed by atoms with Gasteiger partial charge >= 0.3 is 0 Å². The van der Waals surface area contributed by atoms with Gasteiger partial charge in [-0.1, -0.05) is 19.3 Å². The molecule has 0 radical (unpaired) electrons. The van der Waals surface area contributed by atoms with E-state index in [1.807, 2.05) is 0 Å². The number of pyridine rings is 1. The lowest BCUT2D eigenvalue weighted by molar-refractivity contribution is 0.459. The minimum atomic E-state index is -0.252. The van der Waals surface area contributed by atoms with E-state index in [-0.39, 0.29) is 5.82 Å². The Balaban J connectivity index is 1.99. The number of hydrogen-bond donors (Lipinski definition) is 1. The highest BCUT2D eigenvalue weighted by Gasteiger charge is 2.14. The third-order valence-corrected chi connectivity index (χ3v) is 2.70. The molecule has 0 aromatic carbocycles. The molecule has 1 aliphatic carbocycles. The van der Waals surface area contributed by atoms with Gasteiger partial charge in [-0.25, -0.2) is 9.37 Å². The smallest absolute Gasteiger partial charge is 0.165 e. The lowest BCUT2D eigenvalue weighted by Gasteiger charge is -2.23. The zero-order valence-corrected chi connectivity index (χ0v) is 8.17. The van der Waals surface area contributed by atoms with Crippen molar-refractivity contribution in [1.82, 2.24) is 4.98 Å². The molecule has 1 aliphatic rings. The van der Waals surface area contributed by atoms with Crippen molar-refractivity contribution in [1.29, 1.82) is 0 Å². The van der Waals surface area contributed by atoms with Crippen LogP contribution in [-0.4, -0.2) is 11.0 Å². The van der Waals surface area contributed by atoms with Crippen molar-refractivity contribution in [3.05, 3.63) is 24.1 Å². The lowest BCUT2D eigenvalue weighted by atomic mass is 9.95. The maximum absolute atomic E-state index is 13.2. The molecule has 0 bridgehead atoms. The number of aromatic nitrogens is 1. The van der Waals surface area contributed by atoms with E-state index >= 15 is 0 Å².